The average molecular weight is 245 g/mol. The van der Waals surface area contributed by atoms with Crippen molar-refractivity contribution in [3.8, 4) is 0 Å². The quantitative estimate of drug-likeness (QED) is 0.801. The molecule has 1 aliphatic heterocycles. The summed E-state index contributed by atoms with van der Waals surface area (Å²) in [7, 11) is 2.69. The number of ether oxygens (including phenoxy) is 2. The molecule has 0 spiro atoms. The summed E-state index contributed by atoms with van der Waals surface area (Å²) < 4.78 is 9.81. The highest BCUT2D eigenvalue weighted by atomic mass is 16.5. The lowest BCUT2D eigenvalue weighted by molar-refractivity contribution is -0.150. The Morgan fingerprint density at radius 3 is 2.35 bits per heavy atom. The zero-order chi connectivity index (χ0) is 13.1. The average Bonchev–Trinajstić information content (AvgIpc) is 2.28. The fourth-order valence-corrected chi connectivity index (χ4v) is 2.29. The molecule has 1 atom stereocenters. The Balaban J connectivity index is 2.91. The van der Waals surface area contributed by atoms with E-state index in [1.807, 2.05) is 6.92 Å². The van der Waals surface area contributed by atoms with E-state index >= 15 is 0 Å². The largest absolute Gasteiger partial charge is 0.480 e. The van der Waals surface area contributed by atoms with Gasteiger partial charge in [0.15, 0.2) is 0 Å². The van der Waals surface area contributed by atoms with Gasteiger partial charge in [-0.3, -0.25) is 4.90 Å². The molecule has 6 nitrogen and oxygen atoms in total. The molecular weight excluding hydrogens is 226 g/mol. The maximum Gasteiger partial charge on any atom is 0.409 e. The Kier molecular flexibility index (Phi) is 4.34. The Morgan fingerprint density at radius 2 is 1.94 bits per heavy atom. The van der Waals surface area contributed by atoms with Crippen LogP contribution < -0.4 is 0 Å². The number of methoxy groups -OCH3 is 1. The van der Waals surface area contributed by atoms with Crippen molar-refractivity contribution in [2.75, 3.05) is 27.4 Å². The lowest BCUT2D eigenvalue weighted by Gasteiger charge is -2.41. The van der Waals surface area contributed by atoms with Gasteiger partial charge in [-0.1, -0.05) is 6.92 Å². The molecule has 6 heteroatoms. The van der Waals surface area contributed by atoms with Crippen LogP contribution in [0.15, 0.2) is 0 Å². The molecule has 0 aromatic rings. The monoisotopic (exact) mass is 245 g/mol. The van der Waals surface area contributed by atoms with E-state index in [4.69, 9.17) is 4.74 Å². The normalized spacial score (nSPS) is 20.4. The van der Waals surface area contributed by atoms with Crippen LogP contribution in [0, 0.1) is 5.41 Å². The van der Waals surface area contributed by atoms with Gasteiger partial charge in [-0.25, -0.2) is 9.59 Å². The van der Waals surface area contributed by atoms with E-state index in [9.17, 15) is 14.7 Å². The molecule has 1 heterocycles. The van der Waals surface area contributed by atoms with E-state index in [1.54, 1.807) is 0 Å². The predicted molar refractivity (Wildman–Crippen MR) is 59.8 cm³/mol. The summed E-state index contributed by atoms with van der Waals surface area (Å²) in [5.74, 6) is -1.01. The molecule has 1 aliphatic rings. The molecule has 17 heavy (non-hydrogen) atoms. The first-order valence-corrected chi connectivity index (χ1v) is 5.54. The molecule has 1 N–H and O–H groups in total. The van der Waals surface area contributed by atoms with Crippen LogP contribution in [0.3, 0.4) is 0 Å². The maximum atomic E-state index is 11.5. The van der Waals surface area contributed by atoms with Crippen LogP contribution in [-0.4, -0.2) is 55.5 Å². The van der Waals surface area contributed by atoms with Crippen LogP contribution in [0.25, 0.3) is 0 Å². The number of carboxylic acids is 1. The lowest BCUT2D eigenvalue weighted by atomic mass is 9.75. The number of carbonyl (C=O) groups excluding carboxylic acids is 1. The van der Waals surface area contributed by atoms with Crippen LogP contribution >= 0.6 is 0 Å². The molecular formula is C11H19NO5. The summed E-state index contributed by atoms with van der Waals surface area (Å²) in [6, 6.07) is -0.890. The van der Waals surface area contributed by atoms with Crippen LogP contribution in [0.2, 0.25) is 0 Å². The minimum atomic E-state index is -1.01. The van der Waals surface area contributed by atoms with Crippen LogP contribution in [0.1, 0.15) is 19.8 Å². The second-order valence-electron chi connectivity index (χ2n) is 4.59. The molecule has 0 radical (unpaired) electrons. The van der Waals surface area contributed by atoms with Crippen molar-refractivity contribution in [3.05, 3.63) is 0 Å². The van der Waals surface area contributed by atoms with Crippen molar-refractivity contribution >= 4 is 12.1 Å². The number of carbonyl (C=O) groups is 2. The van der Waals surface area contributed by atoms with Gasteiger partial charge in [0, 0.05) is 25.7 Å². The molecule has 1 saturated heterocycles. The summed E-state index contributed by atoms with van der Waals surface area (Å²) in [6.07, 6.45) is 0.599. The van der Waals surface area contributed by atoms with E-state index < -0.39 is 23.5 Å². The Morgan fingerprint density at radius 1 is 1.41 bits per heavy atom. The first kappa shape index (κ1) is 13.8. The molecule has 0 aromatic carbocycles. The lowest BCUT2D eigenvalue weighted by Crippen LogP contribution is -2.54. The topological polar surface area (TPSA) is 76.1 Å². The van der Waals surface area contributed by atoms with Crippen molar-refractivity contribution in [2.24, 2.45) is 5.41 Å². The molecule has 0 bridgehead atoms. The van der Waals surface area contributed by atoms with Gasteiger partial charge in [-0.05, 0) is 12.8 Å². The molecule has 0 saturated carbocycles. The maximum absolute atomic E-state index is 11.5. The van der Waals surface area contributed by atoms with Crippen molar-refractivity contribution in [3.63, 3.8) is 0 Å². The zero-order valence-corrected chi connectivity index (χ0v) is 10.4. The summed E-state index contributed by atoms with van der Waals surface area (Å²) in [6.45, 7) is 2.92. The summed E-state index contributed by atoms with van der Waals surface area (Å²) in [5, 5.41) is 9.32. The molecule has 0 aliphatic carbocycles. The number of carboxylic acid groups (broad SMARTS) is 1. The minimum absolute atomic E-state index is 0.479. The minimum Gasteiger partial charge on any atom is -0.480 e. The molecule has 1 amide bonds. The van der Waals surface area contributed by atoms with Gasteiger partial charge >= 0.3 is 12.1 Å². The van der Waals surface area contributed by atoms with E-state index in [-0.39, 0.29) is 0 Å². The highest BCUT2D eigenvalue weighted by Gasteiger charge is 2.44. The Hall–Kier alpha value is -1.30. The molecule has 1 unspecified atom stereocenters. The second-order valence-corrected chi connectivity index (χ2v) is 4.59. The van der Waals surface area contributed by atoms with Gasteiger partial charge in [0.1, 0.15) is 6.04 Å². The standard InChI is InChI=1S/C11H19NO5/c1-11(4-6-17-7-5-11)8(9(13)14)12(2)10(15)16-3/h8H,4-7H2,1-3H3,(H,13,14). The first-order valence-electron chi connectivity index (χ1n) is 5.54. The van der Waals surface area contributed by atoms with Gasteiger partial charge in [-0.2, -0.15) is 0 Å². The number of amides is 1. The van der Waals surface area contributed by atoms with Crippen molar-refractivity contribution in [1.29, 1.82) is 0 Å². The van der Waals surface area contributed by atoms with E-state index in [0.717, 1.165) is 4.90 Å². The van der Waals surface area contributed by atoms with E-state index in [1.165, 1.54) is 14.2 Å². The van der Waals surface area contributed by atoms with Crippen molar-refractivity contribution in [1.82, 2.24) is 4.90 Å². The highest BCUT2D eigenvalue weighted by molar-refractivity contribution is 5.80. The zero-order valence-electron chi connectivity index (χ0n) is 10.4. The van der Waals surface area contributed by atoms with Gasteiger partial charge in [0.05, 0.1) is 7.11 Å². The van der Waals surface area contributed by atoms with Gasteiger partial charge in [0.2, 0.25) is 0 Å². The Bertz CT molecular complexity index is 298. The fourth-order valence-electron chi connectivity index (χ4n) is 2.29. The number of rotatable bonds is 3. The van der Waals surface area contributed by atoms with Gasteiger partial charge < -0.3 is 14.6 Å². The number of nitrogens with zero attached hydrogens (tertiary/aromatic N) is 1. The molecule has 98 valence electrons. The predicted octanol–water partition coefficient (Wildman–Crippen LogP) is 0.954. The highest BCUT2D eigenvalue weighted by Crippen LogP contribution is 2.36. The van der Waals surface area contributed by atoms with E-state index in [0.29, 0.717) is 26.1 Å². The summed E-state index contributed by atoms with van der Waals surface area (Å²) >= 11 is 0. The SMILES string of the molecule is COC(=O)N(C)C(C(=O)O)C1(C)CCOCC1. The smallest absolute Gasteiger partial charge is 0.409 e. The number of hydrogen-bond donors (Lipinski definition) is 1. The number of hydrogen-bond acceptors (Lipinski definition) is 4. The van der Waals surface area contributed by atoms with Crippen molar-refractivity contribution < 1.29 is 24.2 Å². The number of likely N-dealkylation sites (N-methyl/N-ethyl adjacent to an activating group) is 1. The molecule has 1 rings (SSSR count). The van der Waals surface area contributed by atoms with Gasteiger partial charge in [0.25, 0.3) is 0 Å². The Labute approximate surface area is 100 Å². The van der Waals surface area contributed by atoms with Gasteiger partial charge in [-0.15, -0.1) is 0 Å². The fraction of sp³-hybridized carbons (Fsp3) is 0.818. The third kappa shape index (κ3) is 2.88. The third-order valence-corrected chi connectivity index (χ3v) is 3.38. The number of aliphatic carboxylic acids is 1. The molecule has 1 fully saturated rings. The van der Waals surface area contributed by atoms with E-state index in [2.05, 4.69) is 4.74 Å². The summed E-state index contributed by atoms with van der Waals surface area (Å²) in [5.41, 5.74) is -0.479. The second kappa shape index (κ2) is 5.35. The van der Waals surface area contributed by atoms with Crippen LogP contribution in [0.4, 0.5) is 4.79 Å². The third-order valence-electron chi connectivity index (χ3n) is 3.38. The van der Waals surface area contributed by atoms with Crippen LogP contribution in [-0.2, 0) is 14.3 Å². The van der Waals surface area contributed by atoms with Crippen molar-refractivity contribution in [2.45, 2.75) is 25.8 Å². The molecule has 0 aromatic heterocycles. The van der Waals surface area contributed by atoms with Crippen LogP contribution in [0.5, 0.6) is 0 Å². The summed E-state index contributed by atoms with van der Waals surface area (Å²) in [4.78, 5) is 24.0. The first-order chi connectivity index (χ1) is 7.92.